The van der Waals surface area contributed by atoms with E-state index in [4.69, 9.17) is 0 Å². The third kappa shape index (κ3) is 3.89. The zero-order valence-corrected chi connectivity index (χ0v) is 12.0. The van der Waals surface area contributed by atoms with Crippen LogP contribution in [-0.4, -0.2) is 5.91 Å². The molecule has 0 aromatic heterocycles. The number of anilines is 1. The van der Waals surface area contributed by atoms with Gasteiger partial charge in [-0.1, -0.05) is 34.1 Å². The number of amides is 1. The van der Waals surface area contributed by atoms with Crippen LogP contribution in [0.5, 0.6) is 0 Å². The molecule has 0 saturated heterocycles. The Kier molecular flexibility index (Phi) is 4.32. The number of halogens is 2. The van der Waals surface area contributed by atoms with Gasteiger partial charge in [0.2, 0.25) is 5.91 Å². The summed E-state index contributed by atoms with van der Waals surface area (Å²) >= 11 is 3.37. The Labute approximate surface area is 119 Å². The van der Waals surface area contributed by atoms with E-state index >= 15 is 0 Å². The molecule has 2 nitrogen and oxygen atoms in total. The Bertz CT molecular complexity index is 593. The van der Waals surface area contributed by atoms with Crippen molar-refractivity contribution in [1.82, 2.24) is 0 Å². The number of nitrogens with one attached hydrogen (secondary N) is 1. The minimum Gasteiger partial charge on any atom is -0.326 e. The maximum absolute atomic E-state index is 13.4. The molecule has 0 fully saturated rings. The molecule has 2 aromatic carbocycles. The minimum atomic E-state index is -0.358. The van der Waals surface area contributed by atoms with Crippen LogP contribution in [0, 0.1) is 12.7 Å². The first-order chi connectivity index (χ1) is 9.04. The molecule has 0 unspecified atom stereocenters. The molecule has 0 aliphatic heterocycles. The summed E-state index contributed by atoms with van der Waals surface area (Å²) < 4.78 is 14.3. The molecular formula is C15H13BrFNO. The second kappa shape index (κ2) is 5.97. The number of benzene rings is 2. The van der Waals surface area contributed by atoms with Crippen molar-refractivity contribution in [2.24, 2.45) is 0 Å². The number of rotatable bonds is 3. The van der Waals surface area contributed by atoms with Gasteiger partial charge in [-0.25, -0.2) is 4.39 Å². The first-order valence-electron chi connectivity index (χ1n) is 5.85. The summed E-state index contributed by atoms with van der Waals surface area (Å²) in [5.41, 5.74) is 2.13. The highest BCUT2D eigenvalue weighted by Crippen LogP contribution is 2.19. The third-order valence-corrected chi connectivity index (χ3v) is 3.09. The smallest absolute Gasteiger partial charge is 0.228 e. The highest BCUT2D eigenvalue weighted by molar-refractivity contribution is 9.10. The van der Waals surface area contributed by atoms with E-state index in [0.29, 0.717) is 11.3 Å². The van der Waals surface area contributed by atoms with Gasteiger partial charge in [-0.15, -0.1) is 0 Å². The molecule has 0 radical (unpaired) electrons. The van der Waals surface area contributed by atoms with E-state index in [0.717, 1.165) is 10.0 Å². The van der Waals surface area contributed by atoms with E-state index in [9.17, 15) is 9.18 Å². The van der Waals surface area contributed by atoms with E-state index in [-0.39, 0.29) is 18.1 Å². The highest BCUT2D eigenvalue weighted by Gasteiger charge is 2.08. The lowest BCUT2D eigenvalue weighted by atomic mass is 10.1. The molecule has 0 heterocycles. The zero-order valence-electron chi connectivity index (χ0n) is 10.4. The number of hydrogen-bond acceptors (Lipinski definition) is 1. The van der Waals surface area contributed by atoms with Crippen molar-refractivity contribution in [2.45, 2.75) is 13.3 Å². The Balaban J connectivity index is 2.07. The Morgan fingerprint density at radius 3 is 2.68 bits per heavy atom. The first-order valence-corrected chi connectivity index (χ1v) is 6.64. The maximum atomic E-state index is 13.4. The first kappa shape index (κ1) is 13.7. The Hall–Kier alpha value is -1.68. The average molecular weight is 322 g/mol. The monoisotopic (exact) mass is 321 g/mol. The molecule has 2 rings (SSSR count). The SMILES string of the molecule is Cc1cc(Br)cc(NC(=O)Cc2ccccc2F)c1. The van der Waals surface area contributed by atoms with E-state index < -0.39 is 0 Å². The Morgan fingerprint density at radius 1 is 1.26 bits per heavy atom. The summed E-state index contributed by atoms with van der Waals surface area (Å²) in [6.45, 7) is 1.94. The molecule has 0 aliphatic rings. The van der Waals surface area contributed by atoms with Crippen LogP contribution < -0.4 is 5.32 Å². The van der Waals surface area contributed by atoms with Gasteiger partial charge in [-0.3, -0.25) is 4.79 Å². The zero-order chi connectivity index (χ0) is 13.8. The van der Waals surface area contributed by atoms with Gasteiger partial charge in [0.25, 0.3) is 0 Å². The van der Waals surface area contributed by atoms with Gasteiger partial charge in [0.15, 0.2) is 0 Å². The summed E-state index contributed by atoms with van der Waals surface area (Å²) in [6.07, 6.45) is 0.0260. The predicted octanol–water partition coefficient (Wildman–Crippen LogP) is 4.08. The maximum Gasteiger partial charge on any atom is 0.228 e. The fraction of sp³-hybridized carbons (Fsp3) is 0.133. The van der Waals surface area contributed by atoms with Gasteiger partial charge in [0, 0.05) is 10.2 Å². The van der Waals surface area contributed by atoms with Crippen molar-refractivity contribution >= 4 is 27.5 Å². The van der Waals surface area contributed by atoms with Gasteiger partial charge in [-0.05, 0) is 42.3 Å². The van der Waals surface area contributed by atoms with Crippen LogP contribution in [0.3, 0.4) is 0 Å². The summed E-state index contributed by atoms with van der Waals surface area (Å²) in [5, 5.41) is 2.76. The second-order valence-electron chi connectivity index (χ2n) is 4.33. The van der Waals surface area contributed by atoms with E-state index in [1.807, 2.05) is 25.1 Å². The molecule has 4 heteroatoms. The lowest BCUT2D eigenvalue weighted by molar-refractivity contribution is -0.115. The van der Waals surface area contributed by atoms with E-state index in [2.05, 4.69) is 21.2 Å². The van der Waals surface area contributed by atoms with Gasteiger partial charge in [-0.2, -0.15) is 0 Å². The molecule has 2 aromatic rings. The molecule has 19 heavy (non-hydrogen) atoms. The molecule has 0 bridgehead atoms. The van der Waals surface area contributed by atoms with Crippen molar-refractivity contribution in [3.63, 3.8) is 0 Å². The van der Waals surface area contributed by atoms with Crippen LogP contribution in [0.1, 0.15) is 11.1 Å². The highest BCUT2D eigenvalue weighted by atomic mass is 79.9. The van der Waals surface area contributed by atoms with Crippen LogP contribution in [0.4, 0.5) is 10.1 Å². The largest absolute Gasteiger partial charge is 0.326 e. The summed E-state index contributed by atoms with van der Waals surface area (Å²) in [7, 11) is 0. The number of hydrogen-bond donors (Lipinski definition) is 1. The minimum absolute atomic E-state index is 0.0260. The topological polar surface area (TPSA) is 29.1 Å². The Morgan fingerprint density at radius 2 is 2.00 bits per heavy atom. The summed E-state index contributed by atoms with van der Waals surface area (Å²) in [4.78, 5) is 11.9. The molecule has 1 amide bonds. The molecule has 98 valence electrons. The predicted molar refractivity (Wildman–Crippen MR) is 77.6 cm³/mol. The summed E-state index contributed by atoms with van der Waals surface area (Å²) in [5.74, 6) is -0.592. The van der Waals surface area contributed by atoms with Crippen LogP contribution in [0.15, 0.2) is 46.9 Å². The van der Waals surface area contributed by atoms with Crippen molar-refractivity contribution in [3.8, 4) is 0 Å². The van der Waals surface area contributed by atoms with Gasteiger partial charge >= 0.3 is 0 Å². The number of carbonyl (C=O) groups is 1. The van der Waals surface area contributed by atoms with E-state index in [1.54, 1.807) is 18.2 Å². The van der Waals surface area contributed by atoms with Gasteiger partial charge in [0.05, 0.1) is 6.42 Å². The number of carbonyl (C=O) groups excluding carboxylic acids is 1. The molecule has 1 N–H and O–H groups in total. The van der Waals surface area contributed by atoms with Crippen LogP contribution in [0.2, 0.25) is 0 Å². The van der Waals surface area contributed by atoms with Crippen LogP contribution in [0.25, 0.3) is 0 Å². The average Bonchev–Trinajstić information content (AvgIpc) is 2.30. The molecule has 0 saturated carbocycles. The third-order valence-electron chi connectivity index (χ3n) is 2.63. The summed E-state index contributed by atoms with van der Waals surface area (Å²) in [6, 6.07) is 11.9. The lowest BCUT2D eigenvalue weighted by Gasteiger charge is -2.07. The van der Waals surface area contributed by atoms with Crippen LogP contribution >= 0.6 is 15.9 Å². The number of aryl methyl sites for hydroxylation is 1. The quantitative estimate of drug-likeness (QED) is 0.906. The molecule has 0 aliphatic carbocycles. The normalized spacial score (nSPS) is 10.3. The fourth-order valence-electron chi connectivity index (χ4n) is 1.83. The molecular weight excluding hydrogens is 309 g/mol. The van der Waals surface area contributed by atoms with Crippen molar-refractivity contribution in [3.05, 3.63) is 63.9 Å². The standard InChI is InChI=1S/C15H13BrFNO/c1-10-6-12(16)9-13(7-10)18-15(19)8-11-4-2-3-5-14(11)17/h2-7,9H,8H2,1H3,(H,18,19). The van der Waals surface area contributed by atoms with Crippen molar-refractivity contribution < 1.29 is 9.18 Å². The molecule has 0 atom stereocenters. The second-order valence-corrected chi connectivity index (χ2v) is 5.25. The van der Waals surface area contributed by atoms with Crippen LogP contribution in [-0.2, 0) is 11.2 Å². The fourth-order valence-corrected chi connectivity index (χ4v) is 2.44. The van der Waals surface area contributed by atoms with Gasteiger partial charge < -0.3 is 5.32 Å². The van der Waals surface area contributed by atoms with Gasteiger partial charge in [0.1, 0.15) is 5.82 Å². The van der Waals surface area contributed by atoms with E-state index in [1.165, 1.54) is 6.07 Å². The molecule has 0 spiro atoms. The van der Waals surface area contributed by atoms with Crippen molar-refractivity contribution in [1.29, 1.82) is 0 Å². The lowest BCUT2D eigenvalue weighted by Crippen LogP contribution is -2.15. The van der Waals surface area contributed by atoms with Crippen molar-refractivity contribution in [2.75, 3.05) is 5.32 Å².